The maximum absolute atomic E-state index is 13.0. The van der Waals surface area contributed by atoms with Gasteiger partial charge in [-0.2, -0.15) is 9.40 Å². The molecule has 0 unspecified atom stereocenters. The Hall–Kier alpha value is -2.84. The zero-order valence-electron chi connectivity index (χ0n) is 15.8. The van der Waals surface area contributed by atoms with Gasteiger partial charge in [-0.25, -0.2) is 8.42 Å². The zero-order chi connectivity index (χ0) is 19.8. The Morgan fingerprint density at radius 2 is 1.69 bits per heavy atom. The third-order valence-electron chi connectivity index (χ3n) is 5.49. The van der Waals surface area contributed by atoms with Crippen LogP contribution in [0.1, 0.15) is 18.9 Å². The van der Waals surface area contributed by atoms with Crippen molar-refractivity contribution in [2.45, 2.75) is 23.8 Å². The lowest BCUT2D eigenvalue weighted by Gasteiger charge is -2.31. The normalized spacial score (nSPS) is 17.5. The molecule has 2 aromatic carbocycles. The van der Waals surface area contributed by atoms with Gasteiger partial charge in [0.25, 0.3) is 0 Å². The first-order valence-electron chi connectivity index (χ1n) is 9.61. The van der Waals surface area contributed by atoms with Crippen LogP contribution in [0.5, 0.6) is 11.5 Å². The third-order valence-corrected chi connectivity index (χ3v) is 7.38. The smallest absolute Gasteiger partial charge is 0.243 e. The molecule has 0 radical (unpaired) electrons. The molecule has 2 aliphatic heterocycles. The Bertz CT molecular complexity index is 1120. The number of piperidine rings is 1. The Kier molecular flexibility index (Phi) is 4.52. The first kappa shape index (κ1) is 18.2. The minimum atomic E-state index is -3.56. The van der Waals surface area contributed by atoms with Crippen molar-refractivity contribution in [3.05, 3.63) is 60.9 Å². The molecule has 0 amide bonds. The van der Waals surface area contributed by atoms with E-state index in [1.807, 2.05) is 35.3 Å². The monoisotopic (exact) mass is 411 g/mol. The van der Waals surface area contributed by atoms with E-state index in [-0.39, 0.29) is 17.7 Å². The summed E-state index contributed by atoms with van der Waals surface area (Å²) in [4.78, 5) is 0.241. The van der Waals surface area contributed by atoms with E-state index in [4.69, 9.17) is 9.47 Å². The number of sulfonamides is 1. The maximum atomic E-state index is 13.0. The van der Waals surface area contributed by atoms with E-state index in [2.05, 4.69) is 17.2 Å². The Morgan fingerprint density at radius 1 is 0.931 bits per heavy atom. The molecule has 150 valence electrons. The average molecular weight is 411 g/mol. The van der Waals surface area contributed by atoms with Gasteiger partial charge < -0.3 is 9.47 Å². The number of ether oxygens (including phenoxy) is 2. The maximum Gasteiger partial charge on any atom is 0.243 e. The summed E-state index contributed by atoms with van der Waals surface area (Å²) in [5.41, 5.74) is 2.20. The standard InChI is InChI=1S/C21H21N3O4S/c25-29(26,19-6-7-20-21(12-19)28-15-27-20)23-10-8-18(9-11-23)24-14-17(13-22-24)16-4-2-1-3-5-16/h1-7,12-14,18H,8-11,15H2. The first-order valence-corrected chi connectivity index (χ1v) is 11.0. The molecule has 0 atom stereocenters. The summed E-state index contributed by atoms with van der Waals surface area (Å²) < 4.78 is 40.1. The third kappa shape index (κ3) is 3.38. The second-order valence-corrected chi connectivity index (χ2v) is 9.16. The highest BCUT2D eigenvalue weighted by atomic mass is 32.2. The highest BCUT2D eigenvalue weighted by Gasteiger charge is 2.31. The Balaban J connectivity index is 1.28. The number of hydrogen-bond acceptors (Lipinski definition) is 5. The zero-order valence-corrected chi connectivity index (χ0v) is 16.6. The highest BCUT2D eigenvalue weighted by Crippen LogP contribution is 2.35. The van der Waals surface area contributed by atoms with Crippen LogP contribution >= 0.6 is 0 Å². The molecule has 1 saturated heterocycles. The summed E-state index contributed by atoms with van der Waals surface area (Å²) in [5, 5.41) is 4.52. The fourth-order valence-electron chi connectivity index (χ4n) is 3.85. The number of rotatable bonds is 4. The van der Waals surface area contributed by atoms with E-state index in [0.29, 0.717) is 24.6 Å². The molecule has 0 aliphatic carbocycles. The molecule has 3 heterocycles. The van der Waals surface area contributed by atoms with Gasteiger partial charge in [0.15, 0.2) is 11.5 Å². The molecule has 2 aliphatic rings. The van der Waals surface area contributed by atoms with Crippen LogP contribution in [0, 0.1) is 0 Å². The van der Waals surface area contributed by atoms with Crippen LogP contribution in [0.15, 0.2) is 65.8 Å². The lowest BCUT2D eigenvalue weighted by Crippen LogP contribution is -2.39. The molecule has 5 rings (SSSR count). The van der Waals surface area contributed by atoms with Gasteiger partial charge in [-0.05, 0) is 30.5 Å². The summed E-state index contributed by atoms with van der Waals surface area (Å²) in [6, 6.07) is 15.1. The largest absolute Gasteiger partial charge is 0.454 e. The first-order chi connectivity index (χ1) is 14.1. The van der Waals surface area contributed by atoms with E-state index in [9.17, 15) is 8.42 Å². The number of nitrogens with zero attached hydrogens (tertiary/aromatic N) is 3. The van der Waals surface area contributed by atoms with Crippen LogP contribution in [0.25, 0.3) is 11.1 Å². The molecular weight excluding hydrogens is 390 g/mol. The summed E-state index contributed by atoms with van der Waals surface area (Å²) >= 11 is 0. The van der Waals surface area contributed by atoms with Gasteiger partial charge in [-0.1, -0.05) is 30.3 Å². The van der Waals surface area contributed by atoms with Crippen LogP contribution < -0.4 is 9.47 Å². The second kappa shape index (κ2) is 7.20. The van der Waals surface area contributed by atoms with Gasteiger partial charge in [0, 0.05) is 30.9 Å². The van der Waals surface area contributed by atoms with Gasteiger partial charge in [0.05, 0.1) is 17.1 Å². The predicted octanol–water partition coefficient (Wildman–Crippen LogP) is 3.30. The van der Waals surface area contributed by atoms with Crippen molar-refractivity contribution in [1.82, 2.24) is 14.1 Å². The number of hydrogen-bond donors (Lipinski definition) is 0. The van der Waals surface area contributed by atoms with Crippen molar-refractivity contribution in [3.8, 4) is 22.6 Å². The molecule has 7 nitrogen and oxygen atoms in total. The van der Waals surface area contributed by atoms with Crippen LogP contribution in [-0.2, 0) is 10.0 Å². The highest BCUT2D eigenvalue weighted by molar-refractivity contribution is 7.89. The predicted molar refractivity (Wildman–Crippen MR) is 107 cm³/mol. The molecule has 3 aromatic rings. The van der Waals surface area contributed by atoms with Crippen LogP contribution in [0.4, 0.5) is 0 Å². The van der Waals surface area contributed by atoms with Crippen LogP contribution in [0.3, 0.4) is 0 Å². The minimum absolute atomic E-state index is 0.124. The number of aromatic nitrogens is 2. The van der Waals surface area contributed by atoms with Gasteiger partial charge >= 0.3 is 0 Å². The van der Waals surface area contributed by atoms with Crippen LogP contribution in [-0.4, -0.2) is 42.4 Å². The Labute approximate surface area is 169 Å². The molecule has 0 spiro atoms. The molecule has 0 N–H and O–H groups in total. The average Bonchev–Trinajstić information content (AvgIpc) is 3.44. The summed E-state index contributed by atoms with van der Waals surface area (Å²) in [7, 11) is -3.56. The lowest BCUT2D eigenvalue weighted by atomic mass is 10.1. The number of benzene rings is 2. The van der Waals surface area contributed by atoms with Gasteiger partial charge in [0.1, 0.15) is 0 Å². The van der Waals surface area contributed by atoms with E-state index >= 15 is 0 Å². The van der Waals surface area contributed by atoms with Crippen molar-refractivity contribution < 1.29 is 17.9 Å². The van der Waals surface area contributed by atoms with E-state index in [0.717, 1.165) is 24.0 Å². The van der Waals surface area contributed by atoms with Gasteiger partial charge in [0.2, 0.25) is 16.8 Å². The number of fused-ring (bicyclic) bond motifs is 1. The van der Waals surface area contributed by atoms with Crippen molar-refractivity contribution in [2.75, 3.05) is 19.9 Å². The molecule has 0 bridgehead atoms. The fourth-order valence-corrected chi connectivity index (χ4v) is 5.34. The molecule has 0 saturated carbocycles. The molecular formula is C21H21N3O4S. The summed E-state index contributed by atoms with van der Waals surface area (Å²) in [6.45, 7) is 1.04. The molecule has 1 fully saturated rings. The molecule has 8 heteroatoms. The topological polar surface area (TPSA) is 73.7 Å². The fraction of sp³-hybridized carbons (Fsp3) is 0.286. The summed E-state index contributed by atoms with van der Waals surface area (Å²) in [6.07, 6.45) is 5.35. The van der Waals surface area contributed by atoms with E-state index < -0.39 is 10.0 Å². The van der Waals surface area contributed by atoms with Crippen molar-refractivity contribution in [2.24, 2.45) is 0 Å². The molecule has 29 heavy (non-hydrogen) atoms. The second-order valence-electron chi connectivity index (χ2n) is 7.23. The van der Waals surface area contributed by atoms with E-state index in [1.54, 1.807) is 22.5 Å². The summed E-state index contributed by atoms with van der Waals surface area (Å²) in [5.74, 6) is 1.06. The SMILES string of the molecule is O=S(=O)(c1ccc2c(c1)OCO2)N1CCC(n2cc(-c3ccccc3)cn2)CC1. The van der Waals surface area contributed by atoms with E-state index in [1.165, 1.54) is 0 Å². The van der Waals surface area contributed by atoms with Crippen LogP contribution in [0.2, 0.25) is 0 Å². The lowest BCUT2D eigenvalue weighted by molar-refractivity contribution is 0.174. The van der Waals surface area contributed by atoms with Crippen molar-refractivity contribution >= 4 is 10.0 Å². The van der Waals surface area contributed by atoms with Crippen molar-refractivity contribution in [1.29, 1.82) is 0 Å². The van der Waals surface area contributed by atoms with Gasteiger partial charge in [-0.15, -0.1) is 0 Å². The minimum Gasteiger partial charge on any atom is -0.454 e. The molecule has 1 aromatic heterocycles. The van der Waals surface area contributed by atoms with Crippen molar-refractivity contribution in [3.63, 3.8) is 0 Å². The Morgan fingerprint density at radius 3 is 2.48 bits per heavy atom. The van der Waals surface area contributed by atoms with Gasteiger partial charge in [-0.3, -0.25) is 4.68 Å². The quantitative estimate of drug-likeness (QED) is 0.659.